The summed E-state index contributed by atoms with van der Waals surface area (Å²) in [7, 11) is 0. The molecule has 0 saturated carbocycles. The van der Waals surface area contributed by atoms with Crippen LogP contribution < -0.4 is 5.56 Å². The Morgan fingerprint density at radius 1 is 0.351 bits per heavy atom. The van der Waals surface area contributed by atoms with Crippen molar-refractivity contribution in [3.63, 3.8) is 0 Å². The summed E-state index contributed by atoms with van der Waals surface area (Å²) in [5.74, 6) is 0.576. The van der Waals surface area contributed by atoms with Crippen LogP contribution in [0.2, 0.25) is 0 Å². The molecule has 12 rings (SSSR count). The molecule has 0 aliphatic heterocycles. The van der Waals surface area contributed by atoms with Gasteiger partial charge in [-0.1, -0.05) is 133 Å². The SMILES string of the molecule is O=c1c2ccc3c(c4ccccc4n3-c3nc(-c4ccccc4)c4ccccc4n3)c2c2ccc3c4ccccc4n(-c4ccccc4)c3c2n1-c1ccccc1. The molecule has 0 aliphatic carbocycles. The van der Waals surface area contributed by atoms with E-state index in [1.54, 1.807) is 0 Å². The summed E-state index contributed by atoms with van der Waals surface area (Å²) in [6, 6.07) is 64.4. The van der Waals surface area contributed by atoms with E-state index in [0.717, 1.165) is 93.4 Å². The fraction of sp³-hybridized carbons (Fsp3) is 0. The normalized spacial score (nSPS) is 11.9. The first-order valence-corrected chi connectivity index (χ1v) is 19.1. The summed E-state index contributed by atoms with van der Waals surface area (Å²) < 4.78 is 6.40. The fourth-order valence-corrected chi connectivity index (χ4v) is 9.07. The van der Waals surface area contributed by atoms with E-state index in [9.17, 15) is 0 Å². The van der Waals surface area contributed by atoms with Crippen molar-refractivity contribution in [1.29, 1.82) is 0 Å². The highest BCUT2D eigenvalue weighted by Crippen LogP contribution is 2.43. The van der Waals surface area contributed by atoms with E-state index in [-0.39, 0.29) is 5.56 Å². The van der Waals surface area contributed by atoms with Gasteiger partial charge in [0.25, 0.3) is 5.56 Å². The van der Waals surface area contributed by atoms with E-state index < -0.39 is 0 Å². The molecule has 0 aliphatic rings. The third-order valence-electron chi connectivity index (χ3n) is 11.4. The van der Waals surface area contributed by atoms with Crippen LogP contribution in [-0.2, 0) is 0 Å². The number of pyridine rings is 1. The Labute approximate surface area is 325 Å². The molecule has 4 heterocycles. The molecular formula is C51H31N5O. The second-order valence-corrected chi connectivity index (χ2v) is 14.5. The van der Waals surface area contributed by atoms with Crippen LogP contribution in [0.4, 0.5) is 0 Å². The van der Waals surface area contributed by atoms with Crippen LogP contribution >= 0.6 is 0 Å². The molecule has 0 bridgehead atoms. The summed E-state index contributed by atoms with van der Waals surface area (Å²) in [6.07, 6.45) is 0. The Morgan fingerprint density at radius 2 is 0.895 bits per heavy atom. The minimum atomic E-state index is -0.0758. The van der Waals surface area contributed by atoms with E-state index in [0.29, 0.717) is 11.3 Å². The van der Waals surface area contributed by atoms with E-state index in [1.165, 1.54) is 0 Å². The molecule has 0 fully saturated rings. The van der Waals surface area contributed by atoms with Crippen LogP contribution in [0.3, 0.4) is 0 Å². The first kappa shape index (κ1) is 31.5. The second-order valence-electron chi connectivity index (χ2n) is 14.5. The van der Waals surface area contributed by atoms with Crippen molar-refractivity contribution in [1.82, 2.24) is 23.7 Å². The molecule has 12 aromatic rings. The molecule has 0 saturated heterocycles. The van der Waals surface area contributed by atoms with Crippen LogP contribution in [0.15, 0.2) is 193 Å². The highest BCUT2D eigenvalue weighted by molar-refractivity contribution is 6.31. The van der Waals surface area contributed by atoms with Crippen molar-refractivity contribution in [3.8, 4) is 28.6 Å². The van der Waals surface area contributed by atoms with Gasteiger partial charge in [-0.25, -0.2) is 9.97 Å². The lowest BCUT2D eigenvalue weighted by molar-refractivity contribution is 1.01. The molecule has 57 heavy (non-hydrogen) atoms. The lowest BCUT2D eigenvalue weighted by Crippen LogP contribution is -2.20. The number of aromatic nitrogens is 5. The third-order valence-corrected chi connectivity index (χ3v) is 11.4. The molecule has 0 spiro atoms. The number of nitrogens with zero attached hydrogens (tertiary/aromatic N) is 5. The molecule has 0 unspecified atom stereocenters. The van der Waals surface area contributed by atoms with Gasteiger partial charge in [0.05, 0.1) is 38.8 Å². The van der Waals surface area contributed by atoms with Gasteiger partial charge in [-0.05, 0) is 54.6 Å². The standard InChI is InChI=1S/C51H31N5O/c57-50-40-30-31-44-46(38-24-12-15-27-43(38)56(44)51-52-41-25-13-10-23-37(41)47(53-51)32-16-4-1-5-17-32)45(40)39-29-28-36-35-22-11-14-26-42(35)54(33-18-6-2-7-19-33)48(36)49(39)55(50)34-20-8-3-9-21-34/h1-31H. The number of hydrogen-bond acceptors (Lipinski definition) is 3. The van der Waals surface area contributed by atoms with Crippen molar-refractivity contribution in [2.75, 3.05) is 0 Å². The Kier molecular flexibility index (Phi) is 6.68. The van der Waals surface area contributed by atoms with E-state index in [2.05, 4.69) is 118 Å². The lowest BCUT2D eigenvalue weighted by atomic mass is 9.98. The van der Waals surface area contributed by atoms with Gasteiger partial charge < -0.3 is 4.57 Å². The highest BCUT2D eigenvalue weighted by atomic mass is 16.1. The maximum absolute atomic E-state index is 15.4. The van der Waals surface area contributed by atoms with Gasteiger partial charge in [-0.2, -0.15) is 0 Å². The Bertz CT molecular complexity index is 3640. The van der Waals surface area contributed by atoms with Crippen molar-refractivity contribution < 1.29 is 0 Å². The zero-order chi connectivity index (χ0) is 37.6. The summed E-state index contributed by atoms with van der Waals surface area (Å²) in [5.41, 5.74) is 9.33. The molecule has 0 N–H and O–H groups in total. The molecular weight excluding hydrogens is 699 g/mol. The van der Waals surface area contributed by atoms with Gasteiger partial charge in [0.1, 0.15) is 0 Å². The average Bonchev–Trinajstić information content (AvgIpc) is 3.80. The van der Waals surface area contributed by atoms with Crippen molar-refractivity contribution in [2.24, 2.45) is 0 Å². The zero-order valence-electron chi connectivity index (χ0n) is 30.5. The van der Waals surface area contributed by atoms with Gasteiger partial charge in [-0.3, -0.25) is 13.9 Å². The van der Waals surface area contributed by atoms with Crippen molar-refractivity contribution >= 4 is 76.2 Å². The van der Waals surface area contributed by atoms with E-state index in [4.69, 9.17) is 9.97 Å². The molecule has 8 aromatic carbocycles. The molecule has 4 aromatic heterocycles. The predicted octanol–water partition coefficient (Wildman–Crippen LogP) is 11.9. The topological polar surface area (TPSA) is 57.6 Å². The first-order chi connectivity index (χ1) is 28.2. The largest absolute Gasteiger partial charge is 0.307 e. The first-order valence-electron chi connectivity index (χ1n) is 19.1. The van der Waals surface area contributed by atoms with Crippen LogP contribution in [-0.4, -0.2) is 23.7 Å². The number of para-hydroxylation sites is 5. The fourth-order valence-electron chi connectivity index (χ4n) is 9.07. The van der Waals surface area contributed by atoms with Gasteiger partial charge in [0.2, 0.25) is 5.95 Å². The predicted molar refractivity (Wildman–Crippen MR) is 234 cm³/mol. The van der Waals surface area contributed by atoms with Gasteiger partial charge in [0.15, 0.2) is 0 Å². The number of rotatable bonds is 4. The summed E-state index contributed by atoms with van der Waals surface area (Å²) in [5, 5.41) is 7.75. The minimum Gasteiger partial charge on any atom is -0.307 e. The Hall–Kier alpha value is -7.83. The number of benzene rings is 8. The summed E-state index contributed by atoms with van der Waals surface area (Å²) >= 11 is 0. The Morgan fingerprint density at radius 3 is 1.63 bits per heavy atom. The van der Waals surface area contributed by atoms with Crippen LogP contribution in [0, 0.1) is 0 Å². The summed E-state index contributed by atoms with van der Waals surface area (Å²) in [6.45, 7) is 0. The highest BCUT2D eigenvalue weighted by Gasteiger charge is 2.25. The maximum Gasteiger partial charge on any atom is 0.263 e. The summed E-state index contributed by atoms with van der Waals surface area (Å²) in [4.78, 5) is 25.9. The van der Waals surface area contributed by atoms with Gasteiger partial charge >= 0.3 is 0 Å². The zero-order valence-corrected chi connectivity index (χ0v) is 30.5. The average molecular weight is 730 g/mol. The molecule has 266 valence electrons. The molecule has 0 amide bonds. The smallest absolute Gasteiger partial charge is 0.263 e. The van der Waals surface area contributed by atoms with Crippen molar-refractivity contribution in [2.45, 2.75) is 0 Å². The Balaban J connectivity index is 1.29. The quantitative estimate of drug-likeness (QED) is 0.170. The monoisotopic (exact) mass is 729 g/mol. The van der Waals surface area contributed by atoms with Gasteiger partial charge in [-0.15, -0.1) is 0 Å². The third kappa shape index (κ3) is 4.49. The van der Waals surface area contributed by atoms with E-state index in [1.807, 2.05) is 83.4 Å². The van der Waals surface area contributed by atoms with Crippen LogP contribution in [0.1, 0.15) is 0 Å². The molecule has 0 radical (unpaired) electrons. The second kappa shape index (κ2) is 12.1. The lowest BCUT2D eigenvalue weighted by Gasteiger charge is -2.17. The molecule has 6 nitrogen and oxygen atoms in total. The van der Waals surface area contributed by atoms with Crippen LogP contribution in [0.25, 0.3) is 105 Å². The number of hydrogen-bond donors (Lipinski definition) is 0. The van der Waals surface area contributed by atoms with Crippen molar-refractivity contribution in [3.05, 3.63) is 198 Å². The maximum atomic E-state index is 15.4. The van der Waals surface area contributed by atoms with Gasteiger partial charge in [0, 0.05) is 60.0 Å². The number of fused-ring (bicyclic) bond motifs is 12. The van der Waals surface area contributed by atoms with E-state index >= 15 is 4.79 Å². The van der Waals surface area contributed by atoms with Crippen LogP contribution in [0.5, 0.6) is 0 Å². The molecule has 6 heteroatoms. The minimum absolute atomic E-state index is 0.0758. The molecule has 0 atom stereocenters.